The van der Waals surface area contributed by atoms with E-state index < -0.39 is 0 Å². The number of hydrogen-bond donors (Lipinski definition) is 1. The van der Waals surface area contributed by atoms with Crippen molar-refractivity contribution in [3.63, 3.8) is 0 Å². The minimum absolute atomic E-state index is 0.333. The van der Waals surface area contributed by atoms with Crippen LogP contribution in [-0.2, 0) is 0 Å². The molecule has 1 aromatic rings. The third-order valence-corrected chi connectivity index (χ3v) is 4.65. The number of rotatable bonds is 3. The topological polar surface area (TPSA) is 41.3 Å². The van der Waals surface area contributed by atoms with E-state index >= 15 is 0 Å². The second-order valence-corrected chi connectivity index (χ2v) is 6.01. The van der Waals surface area contributed by atoms with E-state index in [1.165, 1.54) is 31.5 Å². The SMILES string of the molecule is CN1CCC(c2cnn(C3CC(CO)C3)c2)CC1. The van der Waals surface area contributed by atoms with Crippen molar-refractivity contribution in [3.8, 4) is 0 Å². The number of piperidine rings is 1. The number of nitrogens with zero attached hydrogens (tertiary/aromatic N) is 3. The Bertz CT molecular complexity index is 389. The minimum atomic E-state index is 0.333. The molecule has 0 atom stereocenters. The van der Waals surface area contributed by atoms with Gasteiger partial charge in [-0.05, 0) is 63.2 Å². The van der Waals surface area contributed by atoms with Gasteiger partial charge in [0.15, 0.2) is 0 Å². The number of aliphatic hydroxyl groups excluding tert-OH is 1. The Morgan fingerprint density at radius 2 is 2.06 bits per heavy atom. The van der Waals surface area contributed by atoms with Gasteiger partial charge in [0.1, 0.15) is 0 Å². The van der Waals surface area contributed by atoms with Crippen molar-refractivity contribution in [2.24, 2.45) is 5.92 Å². The standard InChI is InChI=1S/C14H23N3O/c1-16-4-2-12(3-5-16)13-8-15-17(9-13)14-6-11(7-14)10-18/h8-9,11-12,14,18H,2-7,10H2,1H3. The first kappa shape index (κ1) is 12.2. The van der Waals surface area contributed by atoms with Gasteiger partial charge >= 0.3 is 0 Å². The molecule has 18 heavy (non-hydrogen) atoms. The predicted octanol–water partition coefficient (Wildman–Crippen LogP) is 1.64. The zero-order valence-electron chi connectivity index (χ0n) is 11.1. The highest BCUT2D eigenvalue weighted by molar-refractivity contribution is 5.13. The van der Waals surface area contributed by atoms with Gasteiger partial charge in [0.05, 0.1) is 12.2 Å². The maximum Gasteiger partial charge on any atom is 0.0526 e. The second-order valence-electron chi connectivity index (χ2n) is 6.01. The maximum absolute atomic E-state index is 9.05. The minimum Gasteiger partial charge on any atom is -0.396 e. The Kier molecular flexibility index (Phi) is 3.39. The van der Waals surface area contributed by atoms with Gasteiger partial charge in [-0.1, -0.05) is 0 Å². The van der Waals surface area contributed by atoms with E-state index in [4.69, 9.17) is 5.11 Å². The van der Waals surface area contributed by atoms with Crippen molar-refractivity contribution >= 4 is 0 Å². The normalized spacial score (nSPS) is 30.3. The van der Waals surface area contributed by atoms with E-state index in [0.717, 1.165) is 12.8 Å². The van der Waals surface area contributed by atoms with Crippen LogP contribution in [0.15, 0.2) is 12.4 Å². The molecule has 3 rings (SSSR count). The Morgan fingerprint density at radius 3 is 2.72 bits per heavy atom. The molecule has 1 saturated carbocycles. The van der Waals surface area contributed by atoms with Crippen LogP contribution in [0.25, 0.3) is 0 Å². The van der Waals surface area contributed by atoms with Gasteiger partial charge in [0, 0.05) is 12.8 Å². The second kappa shape index (κ2) is 5.02. The van der Waals surface area contributed by atoms with Crippen molar-refractivity contribution in [1.82, 2.24) is 14.7 Å². The number of likely N-dealkylation sites (tertiary alicyclic amines) is 1. The highest BCUT2D eigenvalue weighted by atomic mass is 16.3. The predicted molar refractivity (Wildman–Crippen MR) is 70.5 cm³/mol. The summed E-state index contributed by atoms with van der Waals surface area (Å²) < 4.78 is 2.12. The molecule has 2 fully saturated rings. The van der Waals surface area contributed by atoms with E-state index in [0.29, 0.717) is 24.5 Å². The average Bonchev–Trinajstić information content (AvgIpc) is 2.78. The lowest BCUT2D eigenvalue weighted by molar-refractivity contribution is 0.105. The van der Waals surface area contributed by atoms with Crippen LogP contribution in [-0.4, -0.2) is 46.5 Å². The highest BCUT2D eigenvalue weighted by Crippen LogP contribution is 2.37. The number of hydrogen-bond acceptors (Lipinski definition) is 3. The molecule has 2 aliphatic rings. The van der Waals surface area contributed by atoms with Crippen LogP contribution in [0, 0.1) is 5.92 Å². The van der Waals surface area contributed by atoms with Crippen LogP contribution in [0.2, 0.25) is 0 Å². The molecule has 0 amide bonds. The molecule has 1 N–H and O–H groups in total. The van der Waals surface area contributed by atoms with Crippen LogP contribution < -0.4 is 0 Å². The lowest BCUT2D eigenvalue weighted by Crippen LogP contribution is -2.30. The van der Waals surface area contributed by atoms with Crippen LogP contribution in [0.3, 0.4) is 0 Å². The number of aromatic nitrogens is 2. The summed E-state index contributed by atoms with van der Waals surface area (Å²) in [5.41, 5.74) is 1.41. The summed E-state index contributed by atoms with van der Waals surface area (Å²) in [6, 6.07) is 0.530. The van der Waals surface area contributed by atoms with E-state index in [1.807, 2.05) is 0 Å². The van der Waals surface area contributed by atoms with E-state index in [1.54, 1.807) is 0 Å². The molecule has 0 spiro atoms. The van der Waals surface area contributed by atoms with Crippen molar-refractivity contribution in [2.45, 2.75) is 37.6 Å². The molecule has 0 aromatic carbocycles. The van der Waals surface area contributed by atoms with Crippen LogP contribution in [0.1, 0.15) is 43.2 Å². The summed E-state index contributed by atoms with van der Waals surface area (Å²) in [5, 5.41) is 13.6. The summed E-state index contributed by atoms with van der Waals surface area (Å²) in [6.07, 6.45) is 8.99. The molecule has 0 bridgehead atoms. The molecular weight excluding hydrogens is 226 g/mol. The Hall–Kier alpha value is -0.870. The molecule has 1 aliphatic carbocycles. The Morgan fingerprint density at radius 1 is 1.33 bits per heavy atom. The summed E-state index contributed by atoms with van der Waals surface area (Å²) in [4.78, 5) is 2.40. The molecular formula is C14H23N3O. The van der Waals surface area contributed by atoms with E-state index in [2.05, 4.69) is 34.1 Å². The van der Waals surface area contributed by atoms with Gasteiger partial charge in [0.2, 0.25) is 0 Å². The van der Waals surface area contributed by atoms with E-state index in [-0.39, 0.29) is 0 Å². The van der Waals surface area contributed by atoms with Gasteiger partial charge in [0.25, 0.3) is 0 Å². The third kappa shape index (κ3) is 2.31. The molecule has 4 heteroatoms. The Labute approximate surface area is 109 Å². The smallest absolute Gasteiger partial charge is 0.0526 e. The summed E-state index contributed by atoms with van der Waals surface area (Å²) in [5.74, 6) is 1.20. The van der Waals surface area contributed by atoms with Gasteiger partial charge in [-0.3, -0.25) is 4.68 Å². The fourth-order valence-corrected chi connectivity index (χ4v) is 3.17. The summed E-state index contributed by atoms with van der Waals surface area (Å²) >= 11 is 0. The lowest BCUT2D eigenvalue weighted by Gasteiger charge is -2.34. The van der Waals surface area contributed by atoms with Crippen molar-refractivity contribution in [1.29, 1.82) is 0 Å². The maximum atomic E-state index is 9.05. The van der Waals surface area contributed by atoms with Crippen molar-refractivity contribution in [2.75, 3.05) is 26.7 Å². The fraction of sp³-hybridized carbons (Fsp3) is 0.786. The van der Waals surface area contributed by atoms with Crippen molar-refractivity contribution < 1.29 is 5.11 Å². The summed E-state index contributed by atoms with van der Waals surface area (Å²) in [6.45, 7) is 2.73. The molecule has 2 heterocycles. The molecule has 1 saturated heterocycles. The molecule has 0 unspecified atom stereocenters. The monoisotopic (exact) mass is 249 g/mol. The Balaban J connectivity index is 1.60. The summed E-state index contributed by atoms with van der Waals surface area (Å²) in [7, 11) is 2.20. The highest BCUT2D eigenvalue weighted by Gasteiger charge is 2.31. The third-order valence-electron chi connectivity index (χ3n) is 4.65. The molecule has 4 nitrogen and oxygen atoms in total. The quantitative estimate of drug-likeness (QED) is 0.885. The zero-order chi connectivity index (χ0) is 12.5. The lowest BCUT2D eigenvalue weighted by atomic mass is 9.81. The zero-order valence-corrected chi connectivity index (χ0v) is 11.1. The molecule has 100 valence electrons. The van der Waals surface area contributed by atoms with Crippen LogP contribution in [0.4, 0.5) is 0 Å². The van der Waals surface area contributed by atoms with Gasteiger partial charge < -0.3 is 10.0 Å². The number of aliphatic hydroxyl groups is 1. The first-order chi connectivity index (χ1) is 8.76. The largest absolute Gasteiger partial charge is 0.396 e. The first-order valence-corrected chi connectivity index (χ1v) is 7.09. The first-order valence-electron chi connectivity index (χ1n) is 7.09. The molecule has 0 radical (unpaired) electrons. The van der Waals surface area contributed by atoms with E-state index in [9.17, 15) is 0 Å². The fourth-order valence-electron chi connectivity index (χ4n) is 3.17. The molecule has 1 aromatic heterocycles. The van der Waals surface area contributed by atoms with Crippen LogP contribution in [0.5, 0.6) is 0 Å². The van der Waals surface area contributed by atoms with Gasteiger partial charge in [-0.15, -0.1) is 0 Å². The molecule has 1 aliphatic heterocycles. The average molecular weight is 249 g/mol. The van der Waals surface area contributed by atoms with Gasteiger partial charge in [-0.2, -0.15) is 5.10 Å². The van der Waals surface area contributed by atoms with Crippen LogP contribution >= 0.6 is 0 Å². The van der Waals surface area contributed by atoms with Gasteiger partial charge in [-0.25, -0.2) is 0 Å². The van der Waals surface area contributed by atoms with Crippen molar-refractivity contribution in [3.05, 3.63) is 18.0 Å².